The summed E-state index contributed by atoms with van der Waals surface area (Å²) in [5.41, 5.74) is 0.819. The smallest absolute Gasteiger partial charge is 0.233 e. The van der Waals surface area contributed by atoms with Crippen LogP contribution in [0.1, 0.15) is 24.8 Å². The van der Waals surface area contributed by atoms with E-state index in [0.29, 0.717) is 11.8 Å². The predicted octanol–water partition coefficient (Wildman–Crippen LogP) is 2.08. The number of likely N-dealkylation sites (N-methyl/N-ethyl adjacent to an activating group) is 1. The van der Waals surface area contributed by atoms with Crippen LogP contribution in [0.4, 0.5) is 0 Å². The van der Waals surface area contributed by atoms with Gasteiger partial charge in [0.1, 0.15) is 0 Å². The Labute approximate surface area is 164 Å². The first-order valence-corrected chi connectivity index (χ1v) is 10.3. The van der Waals surface area contributed by atoms with Crippen LogP contribution in [-0.2, 0) is 14.9 Å². The summed E-state index contributed by atoms with van der Waals surface area (Å²) in [6.07, 6.45) is 2.98. The van der Waals surface area contributed by atoms with Gasteiger partial charge in [-0.2, -0.15) is 0 Å². The number of methoxy groups -OCH3 is 1. The Morgan fingerprint density at radius 3 is 2.59 bits per heavy atom. The van der Waals surface area contributed by atoms with E-state index >= 15 is 0 Å². The second-order valence-corrected chi connectivity index (χ2v) is 8.39. The number of carbonyl (C=O) groups excluding carboxylic acids is 1. The molecule has 2 saturated heterocycles. The first kappa shape index (κ1) is 20.3. The molecule has 1 atom stereocenters. The Kier molecular flexibility index (Phi) is 6.90. The fourth-order valence-corrected chi connectivity index (χ4v) is 4.70. The number of ether oxygens (including phenoxy) is 1. The zero-order valence-corrected chi connectivity index (χ0v) is 17.2. The summed E-state index contributed by atoms with van der Waals surface area (Å²) in [5.74, 6) is 0.868. The van der Waals surface area contributed by atoms with Crippen LogP contribution in [0.2, 0.25) is 0 Å². The molecular formula is C22H35N3O2. The quantitative estimate of drug-likeness (QED) is 0.733. The summed E-state index contributed by atoms with van der Waals surface area (Å²) >= 11 is 0. The van der Waals surface area contributed by atoms with E-state index in [9.17, 15) is 4.79 Å². The predicted molar refractivity (Wildman–Crippen MR) is 109 cm³/mol. The molecule has 150 valence electrons. The molecule has 0 aliphatic carbocycles. The molecule has 0 N–H and O–H groups in total. The van der Waals surface area contributed by atoms with Crippen molar-refractivity contribution in [2.75, 3.05) is 67.1 Å². The normalized spacial score (nSPS) is 23.4. The van der Waals surface area contributed by atoms with Crippen LogP contribution in [-0.4, -0.2) is 87.7 Å². The van der Waals surface area contributed by atoms with Crippen molar-refractivity contribution in [1.82, 2.24) is 14.7 Å². The molecule has 0 radical (unpaired) electrons. The number of benzene rings is 1. The van der Waals surface area contributed by atoms with Crippen molar-refractivity contribution in [3.8, 4) is 0 Å². The number of carbonyl (C=O) groups is 1. The van der Waals surface area contributed by atoms with E-state index in [4.69, 9.17) is 4.74 Å². The summed E-state index contributed by atoms with van der Waals surface area (Å²) in [4.78, 5) is 20.4. The van der Waals surface area contributed by atoms with Crippen molar-refractivity contribution in [2.45, 2.75) is 24.7 Å². The van der Waals surface area contributed by atoms with Gasteiger partial charge in [-0.1, -0.05) is 30.3 Å². The van der Waals surface area contributed by atoms with Gasteiger partial charge >= 0.3 is 0 Å². The molecular weight excluding hydrogens is 338 g/mol. The number of rotatable bonds is 7. The molecule has 5 nitrogen and oxygen atoms in total. The van der Waals surface area contributed by atoms with Crippen LogP contribution in [0.15, 0.2) is 30.3 Å². The molecule has 5 heteroatoms. The molecule has 27 heavy (non-hydrogen) atoms. The van der Waals surface area contributed by atoms with Gasteiger partial charge in [-0.3, -0.25) is 4.79 Å². The molecule has 0 saturated carbocycles. The third kappa shape index (κ3) is 4.71. The summed E-state index contributed by atoms with van der Waals surface area (Å²) in [6, 6.07) is 10.4. The highest BCUT2D eigenvalue weighted by atomic mass is 16.5. The van der Waals surface area contributed by atoms with E-state index in [2.05, 4.69) is 41.1 Å². The van der Waals surface area contributed by atoms with E-state index in [-0.39, 0.29) is 5.41 Å². The van der Waals surface area contributed by atoms with Crippen LogP contribution in [0.5, 0.6) is 0 Å². The SMILES string of the molecule is COCCN1CCC(CN(C)C(=O)C2(c3ccccc3)CCN(C)CC2)C1. The first-order valence-electron chi connectivity index (χ1n) is 10.3. The maximum absolute atomic E-state index is 13.6. The molecule has 0 spiro atoms. The monoisotopic (exact) mass is 373 g/mol. The van der Waals surface area contributed by atoms with E-state index in [1.807, 2.05) is 18.0 Å². The summed E-state index contributed by atoms with van der Waals surface area (Å²) < 4.78 is 5.20. The third-order valence-corrected chi connectivity index (χ3v) is 6.44. The summed E-state index contributed by atoms with van der Waals surface area (Å²) in [5, 5.41) is 0. The maximum Gasteiger partial charge on any atom is 0.233 e. The summed E-state index contributed by atoms with van der Waals surface area (Å²) in [6.45, 7) is 6.77. The van der Waals surface area contributed by atoms with Crippen LogP contribution in [0, 0.1) is 5.92 Å². The Hall–Kier alpha value is -1.43. The van der Waals surface area contributed by atoms with Crippen molar-refractivity contribution in [3.05, 3.63) is 35.9 Å². The Morgan fingerprint density at radius 1 is 1.22 bits per heavy atom. The van der Waals surface area contributed by atoms with Crippen LogP contribution in [0.25, 0.3) is 0 Å². The average molecular weight is 374 g/mol. The zero-order valence-electron chi connectivity index (χ0n) is 17.2. The van der Waals surface area contributed by atoms with Crippen LogP contribution in [0.3, 0.4) is 0 Å². The van der Waals surface area contributed by atoms with Crippen molar-refractivity contribution < 1.29 is 9.53 Å². The van der Waals surface area contributed by atoms with Crippen LogP contribution >= 0.6 is 0 Å². The fraction of sp³-hybridized carbons (Fsp3) is 0.682. The van der Waals surface area contributed by atoms with Gasteiger partial charge in [0, 0.05) is 33.8 Å². The van der Waals surface area contributed by atoms with E-state index < -0.39 is 0 Å². The fourth-order valence-electron chi connectivity index (χ4n) is 4.70. The molecule has 2 aliphatic heterocycles. The number of piperidine rings is 1. The minimum atomic E-state index is -0.364. The highest BCUT2D eigenvalue weighted by Crippen LogP contribution is 2.37. The Bertz CT molecular complexity index is 599. The van der Waals surface area contributed by atoms with Gasteiger partial charge in [-0.05, 0) is 57.4 Å². The average Bonchev–Trinajstić information content (AvgIpc) is 3.14. The van der Waals surface area contributed by atoms with E-state index in [0.717, 1.165) is 58.7 Å². The van der Waals surface area contributed by atoms with Gasteiger partial charge < -0.3 is 19.4 Å². The van der Waals surface area contributed by atoms with Gasteiger partial charge in [0.25, 0.3) is 0 Å². The summed E-state index contributed by atoms with van der Waals surface area (Å²) in [7, 11) is 5.91. The maximum atomic E-state index is 13.6. The molecule has 1 unspecified atom stereocenters. The van der Waals surface area contributed by atoms with Gasteiger partial charge in [0.2, 0.25) is 5.91 Å². The molecule has 1 amide bonds. The molecule has 3 rings (SSSR count). The molecule has 0 aromatic heterocycles. The second-order valence-electron chi connectivity index (χ2n) is 8.39. The molecule has 2 fully saturated rings. The van der Waals surface area contributed by atoms with Gasteiger partial charge in [0.15, 0.2) is 0 Å². The highest BCUT2D eigenvalue weighted by molar-refractivity contribution is 5.88. The lowest BCUT2D eigenvalue weighted by Gasteiger charge is -2.42. The lowest BCUT2D eigenvalue weighted by Crippen LogP contribution is -2.52. The van der Waals surface area contributed by atoms with Gasteiger partial charge in [0.05, 0.1) is 12.0 Å². The highest BCUT2D eigenvalue weighted by Gasteiger charge is 2.44. The van der Waals surface area contributed by atoms with Crippen molar-refractivity contribution in [3.63, 3.8) is 0 Å². The van der Waals surface area contributed by atoms with E-state index in [1.54, 1.807) is 7.11 Å². The molecule has 1 aromatic carbocycles. The minimum absolute atomic E-state index is 0.303. The first-order chi connectivity index (χ1) is 13.0. The number of amides is 1. The Balaban J connectivity index is 1.67. The molecule has 0 bridgehead atoms. The van der Waals surface area contributed by atoms with Crippen molar-refractivity contribution in [2.24, 2.45) is 5.92 Å². The van der Waals surface area contributed by atoms with Crippen molar-refractivity contribution >= 4 is 5.91 Å². The molecule has 2 aliphatic rings. The largest absolute Gasteiger partial charge is 0.383 e. The second kappa shape index (κ2) is 9.18. The minimum Gasteiger partial charge on any atom is -0.383 e. The number of hydrogen-bond donors (Lipinski definition) is 0. The van der Waals surface area contributed by atoms with Crippen LogP contribution < -0.4 is 0 Å². The molecule has 1 aromatic rings. The Morgan fingerprint density at radius 2 is 1.93 bits per heavy atom. The standard InChI is InChI=1S/C22H35N3O2/c1-23-13-10-22(11-14-23,20-7-5-4-6-8-20)21(26)24(2)17-19-9-12-25(18-19)15-16-27-3/h4-8,19H,9-18H2,1-3H3. The van der Waals surface area contributed by atoms with Crippen molar-refractivity contribution in [1.29, 1.82) is 0 Å². The lowest BCUT2D eigenvalue weighted by molar-refractivity contribution is -0.138. The third-order valence-electron chi connectivity index (χ3n) is 6.44. The number of likely N-dealkylation sites (tertiary alicyclic amines) is 2. The number of nitrogens with zero attached hydrogens (tertiary/aromatic N) is 3. The zero-order chi connectivity index (χ0) is 19.3. The van der Waals surface area contributed by atoms with Gasteiger partial charge in [-0.15, -0.1) is 0 Å². The lowest BCUT2D eigenvalue weighted by atomic mass is 9.71. The van der Waals surface area contributed by atoms with Gasteiger partial charge in [-0.25, -0.2) is 0 Å². The molecule has 2 heterocycles. The van der Waals surface area contributed by atoms with E-state index in [1.165, 1.54) is 12.0 Å². The number of hydrogen-bond acceptors (Lipinski definition) is 4. The topological polar surface area (TPSA) is 36.0 Å².